The third-order valence-electron chi connectivity index (χ3n) is 3.64. The summed E-state index contributed by atoms with van der Waals surface area (Å²) < 4.78 is 43.7. The summed E-state index contributed by atoms with van der Waals surface area (Å²) >= 11 is 1.33. The molecule has 0 aliphatic rings. The zero-order chi connectivity index (χ0) is 18.6. The van der Waals surface area contributed by atoms with Gasteiger partial charge >= 0.3 is 6.18 Å². The van der Waals surface area contributed by atoms with Crippen molar-refractivity contribution in [2.24, 2.45) is 0 Å². The molecule has 4 nitrogen and oxygen atoms in total. The van der Waals surface area contributed by atoms with Crippen LogP contribution in [0, 0.1) is 6.92 Å². The number of fused-ring (bicyclic) bond motifs is 1. The molecule has 0 saturated carbocycles. The number of pyridine rings is 1. The van der Waals surface area contributed by atoms with E-state index in [-0.39, 0.29) is 11.4 Å². The fourth-order valence-electron chi connectivity index (χ4n) is 2.44. The molecule has 0 aliphatic heterocycles. The van der Waals surface area contributed by atoms with Gasteiger partial charge < -0.3 is 10.1 Å². The van der Waals surface area contributed by atoms with Crippen LogP contribution in [-0.4, -0.2) is 36.9 Å². The van der Waals surface area contributed by atoms with E-state index < -0.39 is 11.7 Å². The zero-order valence-electron chi connectivity index (χ0n) is 14.2. The van der Waals surface area contributed by atoms with Crippen LogP contribution in [-0.2, 0) is 10.9 Å². The number of ether oxygens (including phenoxy) is 1. The Bertz CT molecular complexity index is 779. The van der Waals surface area contributed by atoms with Gasteiger partial charge in [-0.05, 0) is 30.4 Å². The Morgan fingerprint density at radius 1 is 1.36 bits per heavy atom. The normalized spacial score (nSPS) is 11.8. The predicted octanol–water partition coefficient (Wildman–Crippen LogP) is 4.05. The fourth-order valence-corrected chi connectivity index (χ4v) is 3.27. The van der Waals surface area contributed by atoms with Crippen molar-refractivity contribution in [1.29, 1.82) is 0 Å². The van der Waals surface area contributed by atoms with Crippen molar-refractivity contribution in [3.05, 3.63) is 34.9 Å². The third kappa shape index (κ3) is 4.43. The Balaban J connectivity index is 2.55. The Morgan fingerprint density at radius 2 is 2.08 bits per heavy atom. The van der Waals surface area contributed by atoms with Crippen LogP contribution < -0.4 is 5.32 Å². The topological polar surface area (TPSA) is 51.2 Å². The van der Waals surface area contributed by atoms with Crippen molar-refractivity contribution in [3.63, 3.8) is 0 Å². The number of alkyl halides is 3. The lowest BCUT2D eigenvalue weighted by Gasteiger charge is -2.15. The molecule has 0 radical (unpaired) electrons. The quantitative estimate of drug-likeness (QED) is 0.614. The first-order chi connectivity index (χ1) is 11.8. The van der Waals surface area contributed by atoms with Crippen molar-refractivity contribution in [3.8, 4) is 0 Å². The number of hydrogen-bond donors (Lipinski definition) is 1. The SMILES string of the molecule is CCSc1nc2cc(C(F)(F)F)ccc2c(C)c1C(=O)NCCOC. The maximum Gasteiger partial charge on any atom is 0.416 e. The van der Waals surface area contributed by atoms with E-state index in [0.717, 1.165) is 12.1 Å². The van der Waals surface area contributed by atoms with E-state index in [1.54, 1.807) is 6.92 Å². The van der Waals surface area contributed by atoms with Gasteiger partial charge in [-0.3, -0.25) is 4.79 Å². The minimum absolute atomic E-state index is 0.233. The highest BCUT2D eigenvalue weighted by Crippen LogP contribution is 2.34. The molecule has 1 aromatic heterocycles. The largest absolute Gasteiger partial charge is 0.416 e. The van der Waals surface area contributed by atoms with Crippen LogP contribution in [0.4, 0.5) is 13.2 Å². The molecule has 0 atom stereocenters. The number of benzene rings is 1. The van der Waals surface area contributed by atoms with E-state index >= 15 is 0 Å². The number of nitrogens with zero attached hydrogens (tertiary/aromatic N) is 1. The number of hydrogen-bond acceptors (Lipinski definition) is 4. The number of aromatic nitrogens is 1. The molecule has 25 heavy (non-hydrogen) atoms. The van der Waals surface area contributed by atoms with Crippen LogP contribution in [0.25, 0.3) is 10.9 Å². The molecule has 0 spiro atoms. The summed E-state index contributed by atoms with van der Waals surface area (Å²) in [5, 5.41) is 3.71. The van der Waals surface area contributed by atoms with Gasteiger partial charge in [0.25, 0.3) is 5.91 Å². The third-order valence-corrected chi connectivity index (χ3v) is 4.50. The number of thioether (sulfide) groups is 1. The van der Waals surface area contributed by atoms with Gasteiger partial charge in [-0.15, -0.1) is 11.8 Å². The molecule has 1 amide bonds. The van der Waals surface area contributed by atoms with E-state index in [0.29, 0.717) is 40.4 Å². The number of amides is 1. The Hall–Kier alpha value is -1.80. The van der Waals surface area contributed by atoms with E-state index in [4.69, 9.17) is 4.74 Å². The van der Waals surface area contributed by atoms with Crippen molar-refractivity contribution in [1.82, 2.24) is 10.3 Å². The summed E-state index contributed by atoms with van der Waals surface area (Å²) in [7, 11) is 1.53. The molecular weight excluding hydrogens is 353 g/mol. The van der Waals surface area contributed by atoms with Crippen LogP contribution in [0.15, 0.2) is 23.2 Å². The minimum atomic E-state index is -4.43. The second-order valence-electron chi connectivity index (χ2n) is 5.33. The van der Waals surface area contributed by atoms with Gasteiger partial charge in [0.15, 0.2) is 0 Å². The zero-order valence-corrected chi connectivity index (χ0v) is 15.0. The second kappa shape index (κ2) is 8.05. The van der Waals surface area contributed by atoms with Gasteiger partial charge in [0.05, 0.1) is 23.3 Å². The number of carbonyl (C=O) groups is 1. The van der Waals surface area contributed by atoms with E-state index in [2.05, 4.69) is 10.3 Å². The van der Waals surface area contributed by atoms with Gasteiger partial charge in [0.2, 0.25) is 0 Å². The lowest BCUT2D eigenvalue weighted by Crippen LogP contribution is -2.28. The van der Waals surface area contributed by atoms with Crippen LogP contribution >= 0.6 is 11.8 Å². The minimum Gasteiger partial charge on any atom is -0.383 e. The summed E-state index contributed by atoms with van der Waals surface area (Å²) in [5.41, 5.74) is 0.494. The first-order valence-electron chi connectivity index (χ1n) is 7.71. The average Bonchev–Trinajstić information content (AvgIpc) is 2.54. The molecule has 1 N–H and O–H groups in total. The lowest BCUT2D eigenvalue weighted by molar-refractivity contribution is -0.137. The lowest BCUT2D eigenvalue weighted by atomic mass is 10.0. The molecular formula is C17H19F3N2O2S. The molecule has 2 aromatic rings. The molecule has 0 aliphatic carbocycles. The Morgan fingerprint density at radius 3 is 2.68 bits per heavy atom. The summed E-state index contributed by atoms with van der Waals surface area (Å²) in [6.45, 7) is 4.33. The average molecular weight is 372 g/mol. The number of aryl methyl sites for hydroxylation is 1. The first kappa shape index (κ1) is 19.5. The molecule has 0 bridgehead atoms. The highest BCUT2D eigenvalue weighted by atomic mass is 32.2. The fraction of sp³-hybridized carbons (Fsp3) is 0.412. The van der Waals surface area contributed by atoms with Crippen molar-refractivity contribution in [2.45, 2.75) is 25.0 Å². The number of nitrogens with one attached hydrogen (secondary N) is 1. The van der Waals surface area contributed by atoms with Crippen LogP contribution in [0.5, 0.6) is 0 Å². The standard InChI is InChI=1S/C17H19F3N2O2S/c1-4-25-16-14(15(23)21-7-8-24-3)10(2)12-6-5-11(17(18,19)20)9-13(12)22-16/h5-6,9H,4,7-8H2,1-3H3,(H,21,23). The van der Waals surface area contributed by atoms with Gasteiger partial charge in [-0.2, -0.15) is 13.2 Å². The second-order valence-corrected chi connectivity index (χ2v) is 6.58. The summed E-state index contributed by atoms with van der Waals surface area (Å²) in [5.74, 6) is 0.342. The van der Waals surface area contributed by atoms with Gasteiger partial charge in [-0.25, -0.2) is 4.98 Å². The Kier molecular flexibility index (Phi) is 6.29. The van der Waals surface area contributed by atoms with Crippen LogP contribution in [0.1, 0.15) is 28.4 Å². The van der Waals surface area contributed by atoms with Crippen molar-refractivity contribution in [2.75, 3.05) is 26.0 Å². The molecule has 8 heteroatoms. The molecule has 0 fully saturated rings. The maximum atomic E-state index is 12.9. The highest BCUT2D eigenvalue weighted by molar-refractivity contribution is 7.99. The number of halogens is 3. The van der Waals surface area contributed by atoms with Crippen LogP contribution in [0.2, 0.25) is 0 Å². The first-order valence-corrected chi connectivity index (χ1v) is 8.69. The molecule has 0 saturated heterocycles. The predicted molar refractivity (Wildman–Crippen MR) is 92.1 cm³/mol. The molecule has 0 unspecified atom stereocenters. The molecule has 2 rings (SSSR count). The summed E-state index contributed by atoms with van der Waals surface area (Å²) in [6, 6.07) is 3.40. The monoisotopic (exact) mass is 372 g/mol. The van der Waals surface area contributed by atoms with Crippen molar-refractivity contribution >= 4 is 28.6 Å². The van der Waals surface area contributed by atoms with Gasteiger partial charge in [-0.1, -0.05) is 13.0 Å². The Labute approximate surface area is 148 Å². The van der Waals surface area contributed by atoms with Crippen LogP contribution in [0.3, 0.4) is 0 Å². The van der Waals surface area contributed by atoms with E-state index in [9.17, 15) is 18.0 Å². The number of methoxy groups -OCH3 is 1. The number of rotatable bonds is 6. The van der Waals surface area contributed by atoms with Crippen molar-refractivity contribution < 1.29 is 22.7 Å². The number of carbonyl (C=O) groups excluding carboxylic acids is 1. The van der Waals surface area contributed by atoms with E-state index in [1.165, 1.54) is 24.9 Å². The molecule has 136 valence electrons. The summed E-state index contributed by atoms with van der Waals surface area (Å²) in [6.07, 6.45) is -4.43. The van der Waals surface area contributed by atoms with E-state index in [1.807, 2.05) is 6.92 Å². The van der Waals surface area contributed by atoms with Gasteiger partial charge in [0, 0.05) is 19.0 Å². The molecule has 1 aromatic carbocycles. The maximum absolute atomic E-state index is 12.9. The highest BCUT2D eigenvalue weighted by Gasteiger charge is 2.31. The molecule has 1 heterocycles. The smallest absolute Gasteiger partial charge is 0.383 e. The van der Waals surface area contributed by atoms with Gasteiger partial charge in [0.1, 0.15) is 5.03 Å². The summed E-state index contributed by atoms with van der Waals surface area (Å²) in [4.78, 5) is 16.8.